The van der Waals surface area contributed by atoms with E-state index in [0.717, 1.165) is 16.5 Å². The number of aliphatic hydroxyl groups excluding tert-OH is 1. The van der Waals surface area contributed by atoms with Gasteiger partial charge in [0.2, 0.25) is 5.76 Å². The van der Waals surface area contributed by atoms with Crippen molar-refractivity contribution < 1.29 is 19.8 Å². The highest BCUT2D eigenvalue weighted by Gasteiger charge is 2.11. The number of carbonyl (C=O) groups excluding carboxylic acids is 1. The SMILES string of the molecule is Cc1ccc(Cc2cc(C(=O)C=C(O)C(=O)O)cs2)cc1. The molecule has 21 heavy (non-hydrogen) atoms. The highest BCUT2D eigenvalue weighted by molar-refractivity contribution is 7.10. The van der Waals surface area contributed by atoms with Gasteiger partial charge in [-0.2, -0.15) is 0 Å². The zero-order valence-electron chi connectivity index (χ0n) is 11.4. The molecule has 2 rings (SSSR count). The molecule has 0 amide bonds. The minimum atomic E-state index is -1.52. The molecule has 1 aromatic carbocycles. The average Bonchev–Trinajstić information content (AvgIpc) is 2.90. The fourth-order valence-electron chi connectivity index (χ4n) is 1.78. The van der Waals surface area contributed by atoms with Crippen molar-refractivity contribution in [3.05, 3.63) is 69.1 Å². The Bertz CT molecular complexity index is 695. The maximum atomic E-state index is 11.8. The minimum Gasteiger partial charge on any atom is -0.502 e. The molecule has 0 aliphatic heterocycles. The van der Waals surface area contributed by atoms with Crippen molar-refractivity contribution in [2.75, 3.05) is 0 Å². The number of allylic oxidation sites excluding steroid dienone is 1. The predicted molar refractivity (Wildman–Crippen MR) is 81.0 cm³/mol. The summed E-state index contributed by atoms with van der Waals surface area (Å²) in [6.07, 6.45) is 1.44. The third kappa shape index (κ3) is 4.03. The fourth-order valence-corrected chi connectivity index (χ4v) is 2.69. The lowest BCUT2D eigenvalue weighted by atomic mass is 10.1. The monoisotopic (exact) mass is 302 g/mol. The summed E-state index contributed by atoms with van der Waals surface area (Å²) in [4.78, 5) is 23.3. The second-order valence-electron chi connectivity index (χ2n) is 4.66. The molecule has 0 saturated carbocycles. The molecule has 2 aromatic rings. The van der Waals surface area contributed by atoms with Crippen LogP contribution in [0.2, 0.25) is 0 Å². The van der Waals surface area contributed by atoms with Crippen molar-refractivity contribution in [3.63, 3.8) is 0 Å². The number of ketones is 1. The summed E-state index contributed by atoms with van der Waals surface area (Å²) in [7, 11) is 0. The molecule has 0 aliphatic rings. The number of hydrogen-bond donors (Lipinski definition) is 2. The van der Waals surface area contributed by atoms with E-state index in [1.165, 1.54) is 16.9 Å². The summed E-state index contributed by atoms with van der Waals surface area (Å²) >= 11 is 1.43. The first-order valence-electron chi connectivity index (χ1n) is 6.27. The molecule has 0 unspecified atom stereocenters. The highest BCUT2D eigenvalue weighted by Crippen LogP contribution is 2.20. The molecule has 0 aliphatic carbocycles. The van der Waals surface area contributed by atoms with Crippen molar-refractivity contribution in [3.8, 4) is 0 Å². The van der Waals surface area contributed by atoms with Gasteiger partial charge in [0.15, 0.2) is 5.78 Å². The van der Waals surface area contributed by atoms with Crippen molar-refractivity contribution in [1.82, 2.24) is 0 Å². The number of thiophene rings is 1. The van der Waals surface area contributed by atoms with Gasteiger partial charge in [0.1, 0.15) is 0 Å². The lowest BCUT2D eigenvalue weighted by molar-refractivity contribution is -0.135. The summed E-state index contributed by atoms with van der Waals surface area (Å²) < 4.78 is 0. The van der Waals surface area contributed by atoms with Crippen LogP contribution in [0.4, 0.5) is 0 Å². The molecule has 108 valence electrons. The molecule has 0 spiro atoms. The van der Waals surface area contributed by atoms with Gasteiger partial charge in [-0.1, -0.05) is 29.8 Å². The molecule has 0 atom stereocenters. The number of aryl methyl sites for hydroxylation is 1. The van der Waals surface area contributed by atoms with Crippen LogP contribution in [0.3, 0.4) is 0 Å². The standard InChI is InChI=1S/C16H14O4S/c1-10-2-4-11(5-3-10)6-13-7-12(9-21-13)14(17)8-15(18)16(19)20/h2-5,7-9,18H,6H2,1H3,(H,19,20). The summed E-state index contributed by atoms with van der Waals surface area (Å²) in [5.41, 5.74) is 2.72. The molecule has 0 radical (unpaired) electrons. The number of carboxylic acids is 1. The molecule has 1 heterocycles. The second kappa shape index (κ2) is 6.37. The maximum absolute atomic E-state index is 11.8. The van der Waals surface area contributed by atoms with Crippen molar-refractivity contribution in [2.24, 2.45) is 0 Å². The van der Waals surface area contributed by atoms with E-state index in [0.29, 0.717) is 12.0 Å². The van der Waals surface area contributed by atoms with E-state index >= 15 is 0 Å². The molecule has 0 fully saturated rings. The summed E-state index contributed by atoms with van der Waals surface area (Å²) in [5.74, 6) is -2.98. The number of aliphatic hydroxyl groups is 1. The van der Waals surface area contributed by atoms with Gasteiger partial charge in [-0.25, -0.2) is 4.79 Å². The number of carbonyl (C=O) groups is 2. The molecular weight excluding hydrogens is 288 g/mol. The van der Waals surface area contributed by atoms with E-state index in [4.69, 9.17) is 10.2 Å². The topological polar surface area (TPSA) is 74.6 Å². The third-order valence-corrected chi connectivity index (χ3v) is 3.86. The molecule has 1 aromatic heterocycles. The van der Waals surface area contributed by atoms with Gasteiger partial charge in [0, 0.05) is 28.3 Å². The first kappa shape index (κ1) is 15.0. The van der Waals surface area contributed by atoms with Crippen LogP contribution in [0.1, 0.15) is 26.4 Å². The Morgan fingerprint density at radius 3 is 2.48 bits per heavy atom. The van der Waals surface area contributed by atoms with Gasteiger partial charge >= 0.3 is 5.97 Å². The lowest BCUT2D eigenvalue weighted by Gasteiger charge is -1.99. The van der Waals surface area contributed by atoms with Crippen molar-refractivity contribution in [2.45, 2.75) is 13.3 Å². The Kier molecular flexibility index (Phi) is 4.55. The molecule has 0 saturated heterocycles. The Balaban J connectivity index is 2.11. The van der Waals surface area contributed by atoms with Gasteiger partial charge < -0.3 is 10.2 Å². The van der Waals surface area contributed by atoms with E-state index in [-0.39, 0.29) is 0 Å². The van der Waals surface area contributed by atoms with Crippen LogP contribution in [0.15, 0.2) is 47.5 Å². The smallest absolute Gasteiger partial charge is 0.371 e. The summed E-state index contributed by atoms with van der Waals surface area (Å²) in [6.45, 7) is 2.02. The van der Waals surface area contributed by atoms with Gasteiger partial charge in [-0.3, -0.25) is 4.79 Å². The quantitative estimate of drug-likeness (QED) is 0.504. The van der Waals surface area contributed by atoms with Crippen LogP contribution in [0, 0.1) is 6.92 Å². The van der Waals surface area contributed by atoms with Gasteiger partial charge in [0.25, 0.3) is 0 Å². The third-order valence-electron chi connectivity index (χ3n) is 2.92. The van der Waals surface area contributed by atoms with Crippen LogP contribution in [-0.2, 0) is 11.2 Å². The number of rotatable bonds is 5. The molecular formula is C16H14O4S. The van der Waals surface area contributed by atoms with Crippen molar-refractivity contribution in [1.29, 1.82) is 0 Å². The molecule has 4 nitrogen and oxygen atoms in total. The second-order valence-corrected chi connectivity index (χ2v) is 5.66. The van der Waals surface area contributed by atoms with E-state index < -0.39 is 17.5 Å². The van der Waals surface area contributed by atoms with Crippen LogP contribution < -0.4 is 0 Å². The van der Waals surface area contributed by atoms with Gasteiger partial charge in [-0.05, 0) is 18.6 Å². The van der Waals surface area contributed by atoms with E-state index in [9.17, 15) is 9.59 Å². The Hall–Kier alpha value is -2.40. The molecule has 2 N–H and O–H groups in total. The Morgan fingerprint density at radius 2 is 1.86 bits per heavy atom. The Labute approximate surface area is 126 Å². The highest BCUT2D eigenvalue weighted by atomic mass is 32.1. The maximum Gasteiger partial charge on any atom is 0.371 e. The minimum absolute atomic E-state index is 0.384. The first-order chi connectivity index (χ1) is 9.95. The van der Waals surface area contributed by atoms with Gasteiger partial charge in [0.05, 0.1) is 0 Å². The number of carboxylic acid groups (broad SMARTS) is 1. The summed E-state index contributed by atoms with van der Waals surface area (Å²) in [6, 6.07) is 9.85. The normalized spacial score (nSPS) is 11.4. The molecule has 5 heteroatoms. The van der Waals surface area contributed by atoms with Crippen LogP contribution in [0.5, 0.6) is 0 Å². The lowest BCUT2D eigenvalue weighted by Crippen LogP contribution is -2.03. The van der Waals surface area contributed by atoms with Crippen molar-refractivity contribution >= 4 is 23.1 Å². The number of hydrogen-bond acceptors (Lipinski definition) is 4. The number of benzene rings is 1. The largest absolute Gasteiger partial charge is 0.502 e. The predicted octanol–water partition coefficient (Wildman–Crippen LogP) is 3.36. The van der Waals surface area contributed by atoms with E-state index in [2.05, 4.69) is 0 Å². The fraction of sp³-hybridized carbons (Fsp3) is 0.125. The number of aliphatic carboxylic acids is 1. The zero-order chi connectivity index (χ0) is 15.4. The van der Waals surface area contributed by atoms with E-state index in [1.54, 1.807) is 11.4 Å². The molecule has 0 bridgehead atoms. The van der Waals surface area contributed by atoms with Crippen LogP contribution in [-0.4, -0.2) is 22.0 Å². The Morgan fingerprint density at radius 1 is 1.19 bits per heavy atom. The summed E-state index contributed by atoms with van der Waals surface area (Å²) in [5, 5.41) is 19.3. The average molecular weight is 302 g/mol. The van der Waals surface area contributed by atoms with Gasteiger partial charge in [-0.15, -0.1) is 11.3 Å². The van der Waals surface area contributed by atoms with Crippen LogP contribution >= 0.6 is 11.3 Å². The zero-order valence-corrected chi connectivity index (χ0v) is 12.2. The van der Waals surface area contributed by atoms with Crippen LogP contribution in [0.25, 0.3) is 0 Å². The van der Waals surface area contributed by atoms with E-state index in [1.807, 2.05) is 31.2 Å². The first-order valence-corrected chi connectivity index (χ1v) is 7.15.